The van der Waals surface area contributed by atoms with Crippen LogP contribution in [-0.2, 0) is 25.7 Å². The fourth-order valence-corrected chi connectivity index (χ4v) is 5.29. The van der Waals surface area contributed by atoms with Gasteiger partial charge in [-0.25, -0.2) is 4.98 Å². The zero-order valence-corrected chi connectivity index (χ0v) is 17.7. The second-order valence-electron chi connectivity index (χ2n) is 7.93. The number of hydrogen-bond donors (Lipinski definition) is 1. The number of hydrogen-bond acceptors (Lipinski definition) is 8. The Morgan fingerprint density at radius 1 is 1.16 bits per heavy atom. The number of alkyl halides is 3. The Balaban J connectivity index is 1.54. The third-order valence-electron chi connectivity index (χ3n) is 5.66. The third-order valence-corrected chi connectivity index (χ3v) is 6.75. The van der Waals surface area contributed by atoms with Gasteiger partial charge in [-0.15, -0.1) is 21.5 Å². The summed E-state index contributed by atoms with van der Waals surface area (Å²) >= 11 is 1.62. The number of β-amino-alcohol motifs (C(OH)–C–C–N with tert-alkyl or cyclic N) is 1. The molecule has 5 rings (SSSR count). The van der Waals surface area contributed by atoms with Gasteiger partial charge < -0.3 is 19.5 Å². The first kappa shape index (κ1) is 20.4. The van der Waals surface area contributed by atoms with Crippen molar-refractivity contribution in [2.75, 3.05) is 29.4 Å². The van der Waals surface area contributed by atoms with E-state index in [9.17, 15) is 18.3 Å². The van der Waals surface area contributed by atoms with Crippen molar-refractivity contribution in [2.45, 2.75) is 51.6 Å². The van der Waals surface area contributed by atoms with Gasteiger partial charge in [0.15, 0.2) is 5.82 Å². The SMILES string of the molecule is CCCc1cc2c(N3CCn4c(nnc4C(F)(F)F)C3)nc(N3CC[C@H](O)C3)nc2s1. The molecule has 0 saturated carbocycles. The van der Waals surface area contributed by atoms with Gasteiger partial charge in [0.05, 0.1) is 18.0 Å². The number of aliphatic hydroxyl groups excluding tert-OH is 1. The largest absolute Gasteiger partial charge is 0.451 e. The van der Waals surface area contributed by atoms with Gasteiger partial charge >= 0.3 is 6.18 Å². The zero-order valence-electron chi connectivity index (χ0n) is 16.9. The van der Waals surface area contributed by atoms with Crippen LogP contribution in [0.3, 0.4) is 0 Å². The molecule has 1 N–H and O–H groups in total. The predicted molar refractivity (Wildman–Crippen MR) is 110 cm³/mol. The van der Waals surface area contributed by atoms with Crippen molar-refractivity contribution >= 4 is 33.3 Å². The second kappa shape index (κ2) is 7.59. The summed E-state index contributed by atoms with van der Waals surface area (Å²) in [4.78, 5) is 15.5. The van der Waals surface area contributed by atoms with Gasteiger partial charge in [0.1, 0.15) is 10.6 Å². The maximum Gasteiger partial charge on any atom is 0.451 e. The van der Waals surface area contributed by atoms with Crippen molar-refractivity contribution in [3.63, 3.8) is 0 Å². The van der Waals surface area contributed by atoms with E-state index in [0.717, 1.165) is 27.6 Å². The van der Waals surface area contributed by atoms with E-state index in [2.05, 4.69) is 23.2 Å². The molecule has 0 bridgehead atoms. The molecule has 0 aliphatic carbocycles. The monoisotopic (exact) mass is 453 g/mol. The highest BCUT2D eigenvalue weighted by Crippen LogP contribution is 2.36. The Morgan fingerprint density at radius 2 is 2.00 bits per heavy atom. The molecule has 3 aromatic rings. The summed E-state index contributed by atoms with van der Waals surface area (Å²) in [7, 11) is 0. The lowest BCUT2D eigenvalue weighted by Crippen LogP contribution is -2.36. The summed E-state index contributed by atoms with van der Waals surface area (Å²) in [5, 5.41) is 18.0. The first-order valence-corrected chi connectivity index (χ1v) is 11.1. The standard InChI is InChI=1S/C19H22F3N7OS/c1-2-3-12-8-13-15(23-18(24-16(13)31-12)28-5-4-11(30)9-28)27-6-7-29-14(10-27)25-26-17(29)19(20,21)22/h8,11,30H,2-7,9-10H2,1H3/t11-/m0/s1. The molecule has 1 saturated heterocycles. The van der Waals surface area contributed by atoms with Gasteiger partial charge in [0.2, 0.25) is 11.8 Å². The molecule has 3 aromatic heterocycles. The molecule has 0 aromatic carbocycles. The molecule has 5 heterocycles. The first-order chi connectivity index (χ1) is 14.8. The number of aryl methyl sites for hydroxylation is 1. The molecule has 1 fully saturated rings. The summed E-state index contributed by atoms with van der Waals surface area (Å²) in [6.07, 6.45) is -2.33. The molecule has 1 atom stereocenters. The van der Waals surface area contributed by atoms with Gasteiger partial charge in [-0.3, -0.25) is 0 Å². The highest BCUT2D eigenvalue weighted by molar-refractivity contribution is 7.18. The molecule has 2 aliphatic rings. The molecule has 12 heteroatoms. The maximum absolute atomic E-state index is 13.2. The summed E-state index contributed by atoms with van der Waals surface area (Å²) in [5.74, 6) is 0.560. The maximum atomic E-state index is 13.2. The van der Waals surface area contributed by atoms with Crippen molar-refractivity contribution in [2.24, 2.45) is 0 Å². The molecule has 2 aliphatic heterocycles. The molecular formula is C19H22F3N7OS. The van der Waals surface area contributed by atoms with Crippen molar-refractivity contribution in [1.29, 1.82) is 0 Å². The van der Waals surface area contributed by atoms with Crippen LogP contribution in [0.4, 0.5) is 24.9 Å². The highest BCUT2D eigenvalue weighted by Gasteiger charge is 2.40. The number of fused-ring (bicyclic) bond motifs is 2. The van der Waals surface area contributed by atoms with E-state index in [0.29, 0.717) is 37.8 Å². The Morgan fingerprint density at radius 3 is 2.71 bits per heavy atom. The minimum atomic E-state index is -4.53. The van der Waals surface area contributed by atoms with Crippen LogP contribution in [0.2, 0.25) is 0 Å². The Kier molecular flexibility index (Phi) is 5.00. The van der Waals surface area contributed by atoms with Crippen LogP contribution in [-0.4, -0.2) is 55.6 Å². The van der Waals surface area contributed by atoms with E-state index < -0.39 is 18.1 Å². The minimum Gasteiger partial charge on any atom is -0.391 e. The number of thiophene rings is 1. The summed E-state index contributed by atoms with van der Waals surface area (Å²) in [6.45, 7) is 3.94. The van der Waals surface area contributed by atoms with Crippen molar-refractivity contribution in [3.05, 3.63) is 22.6 Å². The number of rotatable bonds is 4. The van der Waals surface area contributed by atoms with Crippen molar-refractivity contribution < 1.29 is 18.3 Å². The molecular weight excluding hydrogens is 431 g/mol. The summed E-state index contributed by atoms with van der Waals surface area (Å²) < 4.78 is 40.7. The molecule has 0 radical (unpaired) electrons. The zero-order chi connectivity index (χ0) is 21.8. The van der Waals surface area contributed by atoms with Gasteiger partial charge in [0.25, 0.3) is 0 Å². The summed E-state index contributed by atoms with van der Waals surface area (Å²) in [6, 6.07) is 2.09. The molecule has 166 valence electrons. The van der Waals surface area contributed by atoms with Crippen LogP contribution in [0.5, 0.6) is 0 Å². The fraction of sp³-hybridized carbons (Fsp3) is 0.579. The molecule has 8 nitrogen and oxygen atoms in total. The van der Waals surface area contributed by atoms with Crippen LogP contribution in [0.25, 0.3) is 10.2 Å². The van der Waals surface area contributed by atoms with Gasteiger partial charge in [-0.2, -0.15) is 18.2 Å². The average Bonchev–Trinajstić information content (AvgIpc) is 3.43. The van der Waals surface area contributed by atoms with Crippen LogP contribution in [0.1, 0.15) is 36.3 Å². The minimum absolute atomic E-state index is 0.131. The molecule has 0 unspecified atom stereocenters. The first-order valence-electron chi connectivity index (χ1n) is 10.3. The normalized spacial score (nSPS) is 19.5. The number of aromatic nitrogens is 5. The van der Waals surface area contributed by atoms with E-state index in [-0.39, 0.29) is 18.9 Å². The third kappa shape index (κ3) is 3.71. The number of aliphatic hydroxyl groups is 1. The lowest BCUT2D eigenvalue weighted by Gasteiger charge is -2.30. The predicted octanol–water partition coefficient (Wildman–Crippen LogP) is 2.85. The van der Waals surface area contributed by atoms with E-state index in [1.54, 1.807) is 11.3 Å². The van der Waals surface area contributed by atoms with Gasteiger partial charge in [-0.1, -0.05) is 13.3 Å². The van der Waals surface area contributed by atoms with Crippen LogP contribution in [0, 0.1) is 0 Å². The van der Waals surface area contributed by atoms with E-state index >= 15 is 0 Å². The Labute approximate surface area is 180 Å². The van der Waals surface area contributed by atoms with E-state index in [4.69, 9.17) is 9.97 Å². The molecule has 0 spiro atoms. The molecule has 31 heavy (non-hydrogen) atoms. The number of nitrogens with zero attached hydrogens (tertiary/aromatic N) is 7. The fourth-order valence-electron chi connectivity index (χ4n) is 4.17. The lowest BCUT2D eigenvalue weighted by atomic mass is 10.2. The van der Waals surface area contributed by atoms with Crippen LogP contribution < -0.4 is 9.80 Å². The van der Waals surface area contributed by atoms with Crippen molar-refractivity contribution in [3.8, 4) is 0 Å². The number of halogens is 3. The van der Waals surface area contributed by atoms with Crippen LogP contribution in [0.15, 0.2) is 6.07 Å². The average molecular weight is 453 g/mol. The summed E-state index contributed by atoms with van der Waals surface area (Å²) in [5.41, 5.74) is 0. The topological polar surface area (TPSA) is 83.2 Å². The smallest absolute Gasteiger partial charge is 0.391 e. The molecule has 0 amide bonds. The second-order valence-corrected chi connectivity index (χ2v) is 9.04. The quantitative estimate of drug-likeness (QED) is 0.650. The lowest BCUT2D eigenvalue weighted by molar-refractivity contribution is -0.147. The van der Waals surface area contributed by atoms with Crippen molar-refractivity contribution in [1.82, 2.24) is 24.7 Å². The highest BCUT2D eigenvalue weighted by atomic mass is 32.1. The Hall–Kier alpha value is -2.47. The van der Waals surface area contributed by atoms with Crippen LogP contribution >= 0.6 is 11.3 Å². The number of anilines is 2. The van der Waals surface area contributed by atoms with Gasteiger partial charge in [0, 0.05) is 31.1 Å². The van der Waals surface area contributed by atoms with E-state index in [1.807, 2.05) is 9.80 Å². The van der Waals surface area contributed by atoms with E-state index in [1.165, 1.54) is 4.88 Å². The van der Waals surface area contributed by atoms with Gasteiger partial charge in [-0.05, 0) is 18.9 Å². The Bertz CT molecular complexity index is 1110.